The van der Waals surface area contributed by atoms with E-state index in [1.54, 1.807) is 28.9 Å². The molecular formula is C32H44F2N4O4. The monoisotopic (exact) mass is 586 g/mol. The minimum Gasteiger partial charge on any atom is -0.389 e. The molecule has 2 aromatic carbocycles. The van der Waals surface area contributed by atoms with Gasteiger partial charge in [-0.15, -0.1) is 0 Å². The second-order valence-corrected chi connectivity index (χ2v) is 11.5. The van der Waals surface area contributed by atoms with Gasteiger partial charge in [-0.25, -0.2) is 8.78 Å². The second-order valence-electron chi connectivity index (χ2n) is 11.5. The summed E-state index contributed by atoms with van der Waals surface area (Å²) in [6.45, 7) is 12.4. The number of piperazine rings is 1. The molecule has 1 fully saturated rings. The van der Waals surface area contributed by atoms with E-state index >= 15 is 0 Å². The Morgan fingerprint density at radius 2 is 1.67 bits per heavy atom. The summed E-state index contributed by atoms with van der Waals surface area (Å²) in [7, 11) is 0. The van der Waals surface area contributed by atoms with Crippen molar-refractivity contribution in [2.75, 3.05) is 32.7 Å². The van der Waals surface area contributed by atoms with Crippen molar-refractivity contribution in [2.45, 2.75) is 72.1 Å². The lowest BCUT2D eigenvalue weighted by atomic mass is 9.93. The van der Waals surface area contributed by atoms with Gasteiger partial charge < -0.3 is 25.5 Å². The van der Waals surface area contributed by atoms with Crippen LogP contribution in [0, 0.1) is 24.5 Å². The van der Waals surface area contributed by atoms with E-state index in [1.807, 2.05) is 27.7 Å². The fourth-order valence-electron chi connectivity index (χ4n) is 5.44. The number of hydrogen-bond donors (Lipinski definition) is 3. The maximum Gasteiger partial charge on any atom is 0.253 e. The first kappa shape index (κ1) is 33.1. The predicted octanol–water partition coefficient (Wildman–Crippen LogP) is 3.69. The Hall–Kier alpha value is -3.37. The molecule has 3 N–H and O–H groups in total. The molecule has 3 rings (SSSR count). The molecule has 3 atom stereocenters. The average Bonchev–Trinajstić information content (AvgIpc) is 2.91. The summed E-state index contributed by atoms with van der Waals surface area (Å²) in [5.41, 5.74) is 1.50. The number of benzene rings is 2. The largest absolute Gasteiger partial charge is 0.389 e. The number of aliphatic hydroxyl groups is 1. The van der Waals surface area contributed by atoms with Gasteiger partial charge in [-0.2, -0.15) is 0 Å². The second kappa shape index (κ2) is 15.2. The Morgan fingerprint density at radius 1 is 1.05 bits per heavy atom. The highest BCUT2D eigenvalue weighted by atomic mass is 19.1. The zero-order chi connectivity index (χ0) is 31.0. The molecule has 10 heteroatoms. The highest BCUT2D eigenvalue weighted by molar-refractivity contribution is 6.00. The van der Waals surface area contributed by atoms with Crippen LogP contribution in [0.15, 0.2) is 36.4 Å². The topological polar surface area (TPSA) is 102 Å². The lowest BCUT2D eigenvalue weighted by Crippen LogP contribution is -2.64. The Labute approximate surface area is 247 Å². The summed E-state index contributed by atoms with van der Waals surface area (Å²) in [5.74, 6) is -2.41. The van der Waals surface area contributed by atoms with Crippen LogP contribution in [0.1, 0.15) is 72.4 Å². The van der Waals surface area contributed by atoms with E-state index < -0.39 is 35.7 Å². The van der Waals surface area contributed by atoms with Gasteiger partial charge in [-0.05, 0) is 73.6 Å². The van der Waals surface area contributed by atoms with Gasteiger partial charge in [-0.3, -0.25) is 14.4 Å². The van der Waals surface area contributed by atoms with Crippen molar-refractivity contribution in [3.05, 3.63) is 70.3 Å². The van der Waals surface area contributed by atoms with Gasteiger partial charge in [0, 0.05) is 49.9 Å². The Balaban J connectivity index is 1.92. The smallest absolute Gasteiger partial charge is 0.253 e. The first-order valence-electron chi connectivity index (χ1n) is 14.8. The number of aryl methyl sites for hydroxylation is 1. The Kier molecular flexibility index (Phi) is 12.0. The van der Waals surface area contributed by atoms with Crippen LogP contribution in [0.2, 0.25) is 0 Å². The van der Waals surface area contributed by atoms with Crippen molar-refractivity contribution in [1.82, 2.24) is 20.4 Å². The van der Waals surface area contributed by atoms with Gasteiger partial charge in [0.05, 0.1) is 12.1 Å². The van der Waals surface area contributed by atoms with Crippen molar-refractivity contribution in [3.8, 4) is 0 Å². The Bertz CT molecular complexity index is 1230. The van der Waals surface area contributed by atoms with Gasteiger partial charge in [0.25, 0.3) is 11.8 Å². The number of nitrogens with zero attached hydrogens (tertiary/aromatic N) is 2. The summed E-state index contributed by atoms with van der Waals surface area (Å²) in [4.78, 5) is 43.6. The minimum absolute atomic E-state index is 0.129. The molecule has 8 nitrogen and oxygen atoms in total. The quantitative estimate of drug-likeness (QED) is 0.332. The molecule has 1 aliphatic heterocycles. The van der Waals surface area contributed by atoms with Crippen molar-refractivity contribution < 1.29 is 28.3 Å². The average molecular weight is 587 g/mol. The van der Waals surface area contributed by atoms with Gasteiger partial charge in [0.15, 0.2) is 0 Å². The van der Waals surface area contributed by atoms with Gasteiger partial charge >= 0.3 is 0 Å². The minimum atomic E-state index is -1.40. The fraction of sp³-hybridized carbons (Fsp3) is 0.531. The lowest BCUT2D eigenvalue weighted by Gasteiger charge is -2.38. The van der Waals surface area contributed by atoms with Crippen LogP contribution in [-0.2, 0) is 11.2 Å². The SMILES string of the molecule is CCCN(CCC)C(=O)c1cc(C)cc(C(=O)N[C@@H](Cc2cc(F)cc(F)c2)C(O)[C@@H]2NCCN(CC(C)C)C2=O)c1. The van der Waals surface area contributed by atoms with Crippen LogP contribution in [0.5, 0.6) is 0 Å². The molecule has 0 saturated carbocycles. The van der Waals surface area contributed by atoms with E-state index in [2.05, 4.69) is 10.6 Å². The van der Waals surface area contributed by atoms with E-state index in [0.29, 0.717) is 43.9 Å². The van der Waals surface area contributed by atoms with Crippen molar-refractivity contribution in [3.63, 3.8) is 0 Å². The first-order chi connectivity index (χ1) is 19.9. The zero-order valence-corrected chi connectivity index (χ0v) is 25.3. The molecule has 1 unspecified atom stereocenters. The Morgan fingerprint density at radius 3 is 2.26 bits per heavy atom. The van der Waals surface area contributed by atoms with E-state index in [-0.39, 0.29) is 35.3 Å². The number of carbonyl (C=O) groups excluding carboxylic acids is 3. The molecule has 1 saturated heterocycles. The number of halogens is 2. The van der Waals surface area contributed by atoms with Crippen LogP contribution in [0.4, 0.5) is 8.78 Å². The molecule has 42 heavy (non-hydrogen) atoms. The highest BCUT2D eigenvalue weighted by Crippen LogP contribution is 2.18. The zero-order valence-electron chi connectivity index (χ0n) is 25.3. The maximum atomic E-state index is 14.0. The third-order valence-electron chi connectivity index (χ3n) is 7.22. The van der Waals surface area contributed by atoms with E-state index in [9.17, 15) is 28.3 Å². The summed E-state index contributed by atoms with van der Waals surface area (Å²) >= 11 is 0. The molecule has 0 aromatic heterocycles. The maximum absolute atomic E-state index is 14.0. The van der Waals surface area contributed by atoms with E-state index in [4.69, 9.17) is 0 Å². The number of hydrogen-bond acceptors (Lipinski definition) is 5. The highest BCUT2D eigenvalue weighted by Gasteiger charge is 2.38. The van der Waals surface area contributed by atoms with Crippen LogP contribution < -0.4 is 10.6 Å². The van der Waals surface area contributed by atoms with Crippen molar-refractivity contribution in [2.24, 2.45) is 5.92 Å². The summed E-state index contributed by atoms with van der Waals surface area (Å²) < 4.78 is 28.1. The summed E-state index contributed by atoms with van der Waals surface area (Å²) in [5, 5.41) is 17.3. The first-order valence-corrected chi connectivity index (χ1v) is 14.8. The van der Waals surface area contributed by atoms with E-state index in [0.717, 1.165) is 31.0 Å². The van der Waals surface area contributed by atoms with Gasteiger partial charge in [-0.1, -0.05) is 27.7 Å². The number of aliphatic hydroxyl groups excluding tert-OH is 1. The van der Waals surface area contributed by atoms with Crippen LogP contribution in [-0.4, -0.2) is 83.5 Å². The third-order valence-corrected chi connectivity index (χ3v) is 7.22. The fourth-order valence-corrected chi connectivity index (χ4v) is 5.44. The molecule has 0 spiro atoms. The number of nitrogens with one attached hydrogen (secondary N) is 2. The molecule has 1 aliphatic rings. The van der Waals surface area contributed by atoms with Crippen LogP contribution >= 0.6 is 0 Å². The van der Waals surface area contributed by atoms with Crippen molar-refractivity contribution >= 4 is 17.7 Å². The number of carbonyl (C=O) groups is 3. The van der Waals surface area contributed by atoms with Gasteiger partial charge in [0.1, 0.15) is 17.7 Å². The van der Waals surface area contributed by atoms with Crippen molar-refractivity contribution in [1.29, 1.82) is 0 Å². The number of rotatable bonds is 13. The molecule has 0 radical (unpaired) electrons. The molecule has 3 amide bonds. The molecule has 0 aliphatic carbocycles. The molecule has 230 valence electrons. The molecule has 2 aromatic rings. The molecule has 1 heterocycles. The molecule has 0 bridgehead atoms. The third kappa shape index (κ3) is 8.82. The summed E-state index contributed by atoms with van der Waals surface area (Å²) in [6.07, 6.45) is 0.0648. The standard InChI is InChI=1S/C32H44F2N4O4/c1-6-9-37(10-7-2)31(41)24-13-21(5)12-23(17-24)30(40)36-27(16-22-14-25(33)18-26(34)15-22)29(39)28-32(42)38(11-8-35-28)19-20(3)4/h12-15,17-18,20,27-29,35,39H,6-11,16,19H2,1-5H3,(H,36,40)/t27-,28-,29?/m0/s1. The van der Waals surface area contributed by atoms with Gasteiger partial charge in [0.2, 0.25) is 5.91 Å². The lowest BCUT2D eigenvalue weighted by molar-refractivity contribution is -0.140. The van der Waals surface area contributed by atoms with Crippen LogP contribution in [0.3, 0.4) is 0 Å². The molecular weight excluding hydrogens is 542 g/mol. The number of amides is 3. The normalized spacial score (nSPS) is 16.8. The van der Waals surface area contributed by atoms with E-state index in [1.165, 1.54) is 6.07 Å². The van der Waals surface area contributed by atoms with Crippen LogP contribution in [0.25, 0.3) is 0 Å². The summed E-state index contributed by atoms with van der Waals surface area (Å²) in [6, 6.07) is 5.80. The predicted molar refractivity (Wildman–Crippen MR) is 158 cm³/mol.